The van der Waals surface area contributed by atoms with Gasteiger partial charge in [0.15, 0.2) is 5.82 Å². The van der Waals surface area contributed by atoms with E-state index in [0.29, 0.717) is 50.8 Å². The molecular formula is C20H28N4O3. The summed E-state index contributed by atoms with van der Waals surface area (Å²) in [5, 5.41) is 4.00. The Kier molecular flexibility index (Phi) is 6.95. The number of carbonyl (C=O) groups excluding carboxylic acids is 1. The smallest absolute Gasteiger partial charge is 0.240 e. The fourth-order valence-corrected chi connectivity index (χ4v) is 3.42. The molecule has 0 spiro atoms. The highest BCUT2D eigenvalue weighted by Gasteiger charge is 2.29. The van der Waals surface area contributed by atoms with Gasteiger partial charge in [-0.25, -0.2) is 0 Å². The lowest BCUT2D eigenvalue weighted by molar-refractivity contribution is -0.133. The normalized spacial score (nSPS) is 18.7. The predicted octanol–water partition coefficient (Wildman–Crippen LogP) is 2.27. The summed E-state index contributed by atoms with van der Waals surface area (Å²) in [6.45, 7) is 5.45. The zero-order valence-electron chi connectivity index (χ0n) is 16.1. The van der Waals surface area contributed by atoms with Crippen molar-refractivity contribution in [2.75, 3.05) is 26.8 Å². The lowest BCUT2D eigenvalue weighted by Gasteiger charge is -2.31. The first-order valence-electron chi connectivity index (χ1n) is 9.55. The number of ether oxygens (including phenoxy) is 1. The minimum absolute atomic E-state index is 0.177. The second kappa shape index (κ2) is 9.62. The average molecular weight is 372 g/mol. The van der Waals surface area contributed by atoms with Crippen LogP contribution < -0.4 is 0 Å². The molecular weight excluding hydrogens is 344 g/mol. The topological polar surface area (TPSA) is 71.7 Å². The predicted molar refractivity (Wildman–Crippen MR) is 101 cm³/mol. The molecule has 1 atom stereocenters. The average Bonchev–Trinajstić information content (AvgIpc) is 3.08. The molecule has 7 heteroatoms. The van der Waals surface area contributed by atoms with E-state index in [4.69, 9.17) is 9.26 Å². The van der Waals surface area contributed by atoms with E-state index in [1.54, 1.807) is 7.11 Å². The molecule has 7 nitrogen and oxygen atoms in total. The highest BCUT2D eigenvalue weighted by molar-refractivity contribution is 5.77. The van der Waals surface area contributed by atoms with E-state index < -0.39 is 0 Å². The molecule has 1 aliphatic heterocycles. The molecule has 2 heterocycles. The molecule has 1 amide bonds. The second-order valence-corrected chi connectivity index (χ2v) is 6.90. The molecule has 0 aliphatic carbocycles. The molecule has 0 radical (unpaired) electrons. The Morgan fingerprint density at radius 3 is 2.81 bits per heavy atom. The number of rotatable bonds is 8. The summed E-state index contributed by atoms with van der Waals surface area (Å²) in [4.78, 5) is 21.4. The van der Waals surface area contributed by atoms with Crippen molar-refractivity contribution >= 4 is 5.91 Å². The van der Waals surface area contributed by atoms with Crippen LogP contribution in [-0.2, 0) is 29.0 Å². The number of hydrogen-bond donors (Lipinski definition) is 0. The SMILES string of the molecule is CC[C@H]1CN(Cc2nc(CCOC)no2)CCC(=O)N1Cc1ccccc1. The summed E-state index contributed by atoms with van der Waals surface area (Å²) in [7, 11) is 1.65. The van der Waals surface area contributed by atoms with E-state index in [2.05, 4.69) is 34.1 Å². The Morgan fingerprint density at radius 2 is 2.07 bits per heavy atom. The van der Waals surface area contributed by atoms with Gasteiger partial charge in [0.2, 0.25) is 11.8 Å². The molecule has 1 aromatic carbocycles. The molecule has 0 unspecified atom stereocenters. The zero-order chi connectivity index (χ0) is 19.1. The van der Waals surface area contributed by atoms with Crippen molar-refractivity contribution in [1.82, 2.24) is 19.9 Å². The third-order valence-corrected chi connectivity index (χ3v) is 4.94. The van der Waals surface area contributed by atoms with Gasteiger partial charge in [0.05, 0.1) is 13.2 Å². The summed E-state index contributed by atoms with van der Waals surface area (Å²) in [5.41, 5.74) is 1.16. The number of carbonyl (C=O) groups is 1. The first-order valence-corrected chi connectivity index (χ1v) is 9.55. The zero-order valence-corrected chi connectivity index (χ0v) is 16.1. The van der Waals surface area contributed by atoms with Crippen LogP contribution in [0, 0.1) is 0 Å². The molecule has 1 aliphatic rings. The molecule has 3 rings (SSSR count). The highest BCUT2D eigenvalue weighted by atomic mass is 16.5. The van der Waals surface area contributed by atoms with Gasteiger partial charge >= 0.3 is 0 Å². The number of nitrogens with zero attached hydrogens (tertiary/aromatic N) is 4. The van der Waals surface area contributed by atoms with Crippen LogP contribution in [0.5, 0.6) is 0 Å². The fraction of sp³-hybridized carbons (Fsp3) is 0.550. The van der Waals surface area contributed by atoms with Gasteiger partial charge in [-0.3, -0.25) is 9.69 Å². The summed E-state index contributed by atoms with van der Waals surface area (Å²) in [6.07, 6.45) is 2.06. The summed E-state index contributed by atoms with van der Waals surface area (Å²) in [5.74, 6) is 1.47. The first kappa shape index (κ1) is 19.5. The van der Waals surface area contributed by atoms with Gasteiger partial charge in [-0.2, -0.15) is 4.98 Å². The maximum absolute atomic E-state index is 12.7. The van der Waals surface area contributed by atoms with E-state index in [9.17, 15) is 4.79 Å². The van der Waals surface area contributed by atoms with Gasteiger partial charge < -0.3 is 14.2 Å². The van der Waals surface area contributed by atoms with Crippen LogP contribution in [0.1, 0.15) is 37.0 Å². The van der Waals surface area contributed by atoms with Crippen molar-refractivity contribution in [3.63, 3.8) is 0 Å². The molecule has 1 fully saturated rings. The van der Waals surface area contributed by atoms with E-state index in [1.807, 2.05) is 23.1 Å². The van der Waals surface area contributed by atoms with Crippen molar-refractivity contribution in [3.05, 3.63) is 47.6 Å². The fourth-order valence-electron chi connectivity index (χ4n) is 3.42. The standard InChI is InChI=1S/C20H28N4O3/c1-3-17-14-23(15-19-21-18(22-27-19)10-12-26-2)11-9-20(25)24(17)13-16-7-5-4-6-8-16/h4-8,17H,3,9-15H2,1-2H3/t17-/m0/s1. The second-order valence-electron chi connectivity index (χ2n) is 6.90. The molecule has 27 heavy (non-hydrogen) atoms. The van der Waals surface area contributed by atoms with Crippen molar-refractivity contribution in [2.45, 2.75) is 45.3 Å². The van der Waals surface area contributed by atoms with Crippen molar-refractivity contribution in [3.8, 4) is 0 Å². The molecule has 1 saturated heterocycles. The minimum Gasteiger partial charge on any atom is -0.384 e. The molecule has 2 aromatic rings. The highest BCUT2D eigenvalue weighted by Crippen LogP contribution is 2.19. The maximum atomic E-state index is 12.7. The molecule has 0 bridgehead atoms. The van der Waals surface area contributed by atoms with Gasteiger partial charge in [-0.1, -0.05) is 42.4 Å². The van der Waals surface area contributed by atoms with Crippen LogP contribution in [0.15, 0.2) is 34.9 Å². The van der Waals surface area contributed by atoms with Gasteiger partial charge in [-0.15, -0.1) is 0 Å². The Bertz CT molecular complexity index is 719. The quantitative estimate of drug-likeness (QED) is 0.708. The lowest BCUT2D eigenvalue weighted by Crippen LogP contribution is -2.42. The minimum atomic E-state index is 0.177. The molecule has 0 saturated carbocycles. The molecule has 1 aromatic heterocycles. The number of hydrogen-bond acceptors (Lipinski definition) is 6. The van der Waals surface area contributed by atoms with Gasteiger partial charge in [0.1, 0.15) is 0 Å². The van der Waals surface area contributed by atoms with E-state index >= 15 is 0 Å². The number of benzene rings is 1. The number of amides is 1. The van der Waals surface area contributed by atoms with Crippen molar-refractivity contribution in [2.24, 2.45) is 0 Å². The number of aromatic nitrogens is 2. The summed E-state index contributed by atoms with van der Waals surface area (Å²) in [6, 6.07) is 10.4. The van der Waals surface area contributed by atoms with Crippen molar-refractivity contribution < 1.29 is 14.1 Å². The van der Waals surface area contributed by atoms with Crippen LogP contribution >= 0.6 is 0 Å². The first-order chi connectivity index (χ1) is 13.2. The molecule has 0 N–H and O–H groups in total. The maximum Gasteiger partial charge on any atom is 0.240 e. The monoisotopic (exact) mass is 372 g/mol. The Hall–Kier alpha value is -2.25. The Balaban J connectivity index is 1.64. The van der Waals surface area contributed by atoms with Crippen LogP contribution in [0.2, 0.25) is 0 Å². The van der Waals surface area contributed by atoms with Crippen LogP contribution in [0.4, 0.5) is 0 Å². The van der Waals surface area contributed by atoms with Gasteiger partial charge in [0, 0.05) is 45.6 Å². The van der Waals surface area contributed by atoms with E-state index in [0.717, 1.165) is 18.5 Å². The number of methoxy groups -OCH3 is 1. The van der Waals surface area contributed by atoms with Crippen LogP contribution in [0.25, 0.3) is 0 Å². The van der Waals surface area contributed by atoms with Crippen molar-refractivity contribution in [1.29, 1.82) is 0 Å². The summed E-state index contributed by atoms with van der Waals surface area (Å²) < 4.78 is 10.4. The molecule has 146 valence electrons. The van der Waals surface area contributed by atoms with E-state index in [-0.39, 0.29) is 11.9 Å². The largest absolute Gasteiger partial charge is 0.384 e. The van der Waals surface area contributed by atoms with Crippen LogP contribution in [0.3, 0.4) is 0 Å². The lowest BCUT2D eigenvalue weighted by atomic mass is 10.1. The van der Waals surface area contributed by atoms with Crippen LogP contribution in [-0.4, -0.2) is 58.7 Å². The third-order valence-electron chi connectivity index (χ3n) is 4.94. The van der Waals surface area contributed by atoms with Gasteiger partial charge in [-0.05, 0) is 12.0 Å². The Morgan fingerprint density at radius 1 is 1.26 bits per heavy atom. The Labute approximate surface area is 160 Å². The third kappa shape index (κ3) is 5.37. The van der Waals surface area contributed by atoms with Gasteiger partial charge in [0.25, 0.3) is 0 Å². The van der Waals surface area contributed by atoms with E-state index in [1.165, 1.54) is 0 Å². The summed E-state index contributed by atoms with van der Waals surface area (Å²) >= 11 is 0.